The van der Waals surface area contributed by atoms with Gasteiger partial charge >= 0.3 is 0 Å². The quantitative estimate of drug-likeness (QED) is 0.834. The summed E-state index contributed by atoms with van der Waals surface area (Å²) in [7, 11) is 0. The van der Waals surface area contributed by atoms with Crippen LogP contribution in [0.25, 0.3) is 0 Å². The second kappa shape index (κ2) is 4.85. The van der Waals surface area contributed by atoms with Crippen LogP contribution >= 0.6 is 27.5 Å². The smallest absolute Gasteiger partial charge is 0.224 e. The molecule has 0 atom stereocenters. The van der Waals surface area contributed by atoms with E-state index >= 15 is 0 Å². The molecular formula is C10H7BrClFN4. The topological polar surface area (TPSA) is 63.8 Å². The van der Waals surface area contributed by atoms with Crippen LogP contribution < -0.4 is 11.1 Å². The minimum atomic E-state index is -0.337. The third-order valence-corrected chi connectivity index (χ3v) is 2.81. The highest BCUT2D eigenvalue weighted by Crippen LogP contribution is 2.28. The molecule has 7 heteroatoms. The number of nitrogens with two attached hydrogens (primary N) is 1. The molecule has 17 heavy (non-hydrogen) atoms. The zero-order valence-electron chi connectivity index (χ0n) is 8.42. The minimum absolute atomic E-state index is 0.0833. The summed E-state index contributed by atoms with van der Waals surface area (Å²) in [6, 6.07) is 4.22. The van der Waals surface area contributed by atoms with Crippen LogP contribution in [0.4, 0.5) is 21.6 Å². The van der Waals surface area contributed by atoms with Crippen molar-refractivity contribution in [2.24, 2.45) is 0 Å². The average molecular weight is 318 g/mol. The molecule has 1 aromatic carbocycles. The Morgan fingerprint density at radius 2 is 2.18 bits per heavy atom. The molecule has 2 rings (SSSR count). The van der Waals surface area contributed by atoms with Gasteiger partial charge in [0.25, 0.3) is 0 Å². The van der Waals surface area contributed by atoms with Gasteiger partial charge < -0.3 is 11.1 Å². The molecule has 0 saturated carbocycles. The molecule has 0 fully saturated rings. The van der Waals surface area contributed by atoms with Crippen molar-refractivity contribution in [2.45, 2.75) is 0 Å². The molecule has 0 unspecified atom stereocenters. The highest BCUT2D eigenvalue weighted by molar-refractivity contribution is 9.10. The fourth-order valence-electron chi connectivity index (χ4n) is 1.19. The maximum absolute atomic E-state index is 12.9. The SMILES string of the molecule is Nc1cnc(Cl)nc1Nc1ccc(F)cc1Br. The standard InChI is InChI=1S/C10H7BrClFN4/c11-6-3-5(13)1-2-8(6)16-9-7(14)4-15-10(12)17-9/h1-4H,14H2,(H,15,16,17). The monoisotopic (exact) mass is 316 g/mol. The number of hydrogen-bond acceptors (Lipinski definition) is 4. The van der Waals surface area contributed by atoms with E-state index in [0.29, 0.717) is 21.7 Å². The van der Waals surface area contributed by atoms with Gasteiger partial charge in [-0.05, 0) is 45.7 Å². The largest absolute Gasteiger partial charge is 0.394 e. The highest BCUT2D eigenvalue weighted by Gasteiger charge is 2.06. The second-order valence-electron chi connectivity index (χ2n) is 3.19. The molecule has 0 aliphatic carbocycles. The first-order valence-electron chi connectivity index (χ1n) is 4.56. The first-order valence-corrected chi connectivity index (χ1v) is 5.73. The summed E-state index contributed by atoms with van der Waals surface area (Å²) >= 11 is 8.89. The van der Waals surface area contributed by atoms with Gasteiger partial charge in [0.1, 0.15) is 5.82 Å². The Hall–Kier alpha value is -1.40. The molecule has 0 aliphatic rings. The van der Waals surface area contributed by atoms with Gasteiger partial charge in [0.2, 0.25) is 5.28 Å². The zero-order valence-corrected chi connectivity index (χ0v) is 10.8. The van der Waals surface area contributed by atoms with Crippen LogP contribution in [0.2, 0.25) is 5.28 Å². The average Bonchev–Trinajstić information content (AvgIpc) is 2.27. The van der Waals surface area contributed by atoms with Crippen LogP contribution in [0.1, 0.15) is 0 Å². The predicted molar refractivity (Wildman–Crippen MR) is 68.8 cm³/mol. The zero-order chi connectivity index (χ0) is 12.4. The van der Waals surface area contributed by atoms with Crippen LogP contribution in [-0.2, 0) is 0 Å². The molecule has 0 saturated heterocycles. The van der Waals surface area contributed by atoms with E-state index in [2.05, 4.69) is 31.2 Å². The summed E-state index contributed by atoms with van der Waals surface area (Å²) in [5, 5.41) is 3.02. The van der Waals surface area contributed by atoms with Crippen molar-refractivity contribution >= 4 is 44.7 Å². The Kier molecular flexibility index (Phi) is 3.44. The fraction of sp³-hybridized carbons (Fsp3) is 0. The van der Waals surface area contributed by atoms with Gasteiger partial charge in [-0.1, -0.05) is 0 Å². The van der Waals surface area contributed by atoms with Crippen LogP contribution in [0.5, 0.6) is 0 Å². The molecule has 0 spiro atoms. The minimum Gasteiger partial charge on any atom is -0.394 e. The Bertz CT molecular complexity index is 564. The van der Waals surface area contributed by atoms with Crippen molar-refractivity contribution in [3.8, 4) is 0 Å². The summed E-state index contributed by atoms with van der Waals surface area (Å²) in [6.07, 6.45) is 1.40. The van der Waals surface area contributed by atoms with Crippen molar-refractivity contribution in [2.75, 3.05) is 11.1 Å². The van der Waals surface area contributed by atoms with Crippen molar-refractivity contribution < 1.29 is 4.39 Å². The Morgan fingerprint density at radius 1 is 1.41 bits per heavy atom. The van der Waals surface area contributed by atoms with Gasteiger partial charge in [-0.25, -0.2) is 9.37 Å². The van der Waals surface area contributed by atoms with E-state index in [-0.39, 0.29) is 11.1 Å². The van der Waals surface area contributed by atoms with Crippen LogP contribution in [0.3, 0.4) is 0 Å². The summed E-state index contributed by atoms with van der Waals surface area (Å²) < 4.78 is 13.5. The lowest BCUT2D eigenvalue weighted by Crippen LogP contribution is -2.01. The van der Waals surface area contributed by atoms with Crippen LogP contribution in [0.15, 0.2) is 28.9 Å². The summed E-state index contributed by atoms with van der Waals surface area (Å²) in [4.78, 5) is 7.67. The van der Waals surface area contributed by atoms with Crippen LogP contribution in [-0.4, -0.2) is 9.97 Å². The number of nitrogen functional groups attached to an aromatic ring is 1. The first kappa shape index (κ1) is 12.1. The lowest BCUT2D eigenvalue weighted by atomic mass is 10.3. The maximum Gasteiger partial charge on any atom is 0.224 e. The number of nitrogens with zero attached hydrogens (tertiary/aromatic N) is 2. The maximum atomic E-state index is 12.9. The number of rotatable bonds is 2. The van der Waals surface area contributed by atoms with Gasteiger partial charge in [0.15, 0.2) is 5.82 Å². The third kappa shape index (κ3) is 2.83. The van der Waals surface area contributed by atoms with E-state index in [1.807, 2.05) is 0 Å². The van der Waals surface area contributed by atoms with Crippen molar-refractivity contribution in [3.05, 3.63) is 40.0 Å². The Balaban J connectivity index is 2.34. The molecule has 0 bridgehead atoms. The number of aromatic nitrogens is 2. The van der Waals surface area contributed by atoms with Gasteiger partial charge in [0.05, 0.1) is 17.6 Å². The first-order chi connectivity index (χ1) is 8.06. The molecule has 4 nitrogen and oxygen atoms in total. The molecule has 1 heterocycles. The van der Waals surface area contributed by atoms with Crippen molar-refractivity contribution in [1.82, 2.24) is 9.97 Å². The molecule has 88 valence electrons. The summed E-state index contributed by atoms with van der Waals surface area (Å²) in [5.74, 6) is 0.0356. The lowest BCUT2D eigenvalue weighted by molar-refractivity contribution is 0.627. The van der Waals surface area contributed by atoms with E-state index in [4.69, 9.17) is 17.3 Å². The normalized spacial score (nSPS) is 10.3. The number of hydrogen-bond donors (Lipinski definition) is 2. The van der Waals surface area contributed by atoms with E-state index in [1.165, 1.54) is 18.3 Å². The highest BCUT2D eigenvalue weighted by atomic mass is 79.9. The van der Waals surface area contributed by atoms with Gasteiger partial charge in [-0.2, -0.15) is 4.98 Å². The van der Waals surface area contributed by atoms with E-state index in [1.54, 1.807) is 6.07 Å². The molecule has 1 aromatic heterocycles. The molecule has 0 amide bonds. The Morgan fingerprint density at radius 3 is 2.88 bits per heavy atom. The van der Waals surface area contributed by atoms with Gasteiger partial charge in [0, 0.05) is 4.47 Å². The molecular weight excluding hydrogens is 310 g/mol. The summed E-state index contributed by atoms with van der Waals surface area (Å²) in [6.45, 7) is 0. The van der Waals surface area contributed by atoms with E-state index in [9.17, 15) is 4.39 Å². The third-order valence-electron chi connectivity index (χ3n) is 1.97. The van der Waals surface area contributed by atoms with E-state index < -0.39 is 0 Å². The lowest BCUT2D eigenvalue weighted by Gasteiger charge is -2.09. The number of nitrogens with one attached hydrogen (secondary N) is 1. The van der Waals surface area contributed by atoms with E-state index in [0.717, 1.165) is 0 Å². The number of halogens is 3. The molecule has 3 N–H and O–H groups in total. The number of anilines is 3. The fourth-order valence-corrected chi connectivity index (χ4v) is 1.77. The molecule has 0 radical (unpaired) electrons. The van der Waals surface area contributed by atoms with Gasteiger partial charge in [-0.15, -0.1) is 0 Å². The number of benzene rings is 1. The molecule has 0 aliphatic heterocycles. The van der Waals surface area contributed by atoms with Gasteiger partial charge in [-0.3, -0.25) is 0 Å². The predicted octanol–water partition coefficient (Wildman–Crippen LogP) is 3.36. The Labute approximate surface area is 110 Å². The van der Waals surface area contributed by atoms with Crippen molar-refractivity contribution in [3.63, 3.8) is 0 Å². The molecule has 2 aromatic rings. The second-order valence-corrected chi connectivity index (χ2v) is 4.38. The summed E-state index contributed by atoms with van der Waals surface area (Å²) in [5.41, 5.74) is 6.67. The van der Waals surface area contributed by atoms with Crippen LogP contribution in [0, 0.1) is 5.82 Å². The van der Waals surface area contributed by atoms with Crippen molar-refractivity contribution in [1.29, 1.82) is 0 Å².